The second kappa shape index (κ2) is 19.6. The molecular formula is C29H46N2O3. The quantitative estimate of drug-likeness (QED) is 0.451. The van der Waals surface area contributed by atoms with Crippen molar-refractivity contribution in [3.63, 3.8) is 0 Å². The first-order valence-corrected chi connectivity index (χ1v) is 11.6. The highest BCUT2D eigenvalue weighted by molar-refractivity contribution is 5.82. The standard InChI is InChI=1S/C12H24N2O2.C11H10.C3H8.C2H2.CH2O/c1-10(16-12(2,3)4)13-8-11-9-14(5)6-7-15-11;1-9-6-7-10-4-2-3-5-11(10)8-9;1-3-2;2*1-2/h11,13H,1,6-9H2,2-5H3;2-8H,1H3;3H2,1-2H3;1-2H;1H2. The van der Waals surface area contributed by atoms with E-state index in [-0.39, 0.29) is 11.7 Å². The maximum atomic E-state index is 8.00. The number of likely N-dealkylation sites (N-methyl/N-ethyl adjacent to an activating group) is 1. The predicted octanol–water partition coefficient (Wildman–Crippen LogP) is 5.82. The number of morpholine rings is 1. The lowest BCUT2D eigenvalue weighted by molar-refractivity contribution is -0.0980. The Morgan fingerprint density at radius 1 is 1.15 bits per heavy atom. The maximum Gasteiger partial charge on any atom is 0.179 e. The van der Waals surface area contributed by atoms with Crippen LogP contribution in [0.4, 0.5) is 0 Å². The van der Waals surface area contributed by atoms with Crippen molar-refractivity contribution in [3.05, 3.63) is 60.5 Å². The maximum absolute atomic E-state index is 8.00. The van der Waals surface area contributed by atoms with E-state index in [9.17, 15) is 0 Å². The third-order valence-electron chi connectivity index (χ3n) is 4.20. The molecule has 1 unspecified atom stereocenters. The Labute approximate surface area is 208 Å². The first-order valence-electron chi connectivity index (χ1n) is 11.6. The number of hydrogen-bond donors (Lipinski definition) is 1. The molecule has 1 N–H and O–H groups in total. The molecule has 2 aromatic rings. The van der Waals surface area contributed by atoms with E-state index in [1.165, 1.54) is 22.8 Å². The van der Waals surface area contributed by atoms with Crippen molar-refractivity contribution in [2.75, 3.05) is 33.3 Å². The van der Waals surface area contributed by atoms with Gasteiger partial charge in [0.25, 0.3) is 0 Å². The number of benzene rings is 2. The molecule has 1 aliphatic heterocycles. The fourth-order valence-corrected chi connectivity index (χ4v) is 2.93. The van der Waals surface area contributed by atoms with Crippen molar-refractivity contribution in [2.24, 2.45) is 0 Å². The van der Waals surface area contributed by atoms with E-state index in [1.54, 1.807) is 0 Å². The molecule has 0 amide bonds. The van der Waals surface area contributed by atoms with E-state index in [4.69, 9.17) is 14.3 Å². The van der Waals surface area contributed by atoms with Crippen LogP contribution in [0.2, 0.25) is 0 Å². The Morgan fingerprint density at radius 2 is 1.71 bits per heavy atom. The first kappa shape index (κ1) is 33.4. The SMILES string of the molecule is C#C.C=C(NCC1CN(C)CCO1)OC(C)(C)C.C=O.CCC.Cc1ccc2ccccc2c1. The predicted molar refractivity (Wildman–Crippen MR) is 147 cm³/mol. The number of terminal acetylenes is 1. The number of nitrogens with one attached hydrogen (secondary N) is 1. The second-order valence-electron chi connectivity index (χ2n) is 8.83. The molecule has 0 aromatic heterocycles. The zero-order valence-corrected chi connectivity index (χ0v) is 22.4. The Morgan fingerprint density at radius 3 is 2.24 bits per heavy atom. The van der Waals surface area contributed by atoms with E-state index in [1.807, 2.05) is 27.6 Å². The van der Waals surface area contributed by atoms with Gasteiger partial charge in [0, 0.05) is 19.6 Å². The molecule has 0 aliphatic carbocycles. The van der Waals surface area contributed by atoms with Gasteiger partial charge in [-0.3, -0.25) is 0 Å². The molecule has 2 aromatic carbocycles. The lowest BCUT2D eigenvalue weighted by atomic mass is 10.1. The highest BCUT2D eigenvalue weighted by atomic mass is 16.5. The van der Waals surface area contributed by atoms with Crippen LogP contribution in [-0.2, 0) is 14.3 Å². The van der Waals surface area contributed by atoms with Crippen molar-refractivity contribution < 1.29 is 14.3 Å². The number of ether oxygens (including phenoxy) is 2. The number of fused-ring (bicyclic) bond motifs is 1. The van der Waals surface area contributed by atoms with Gasteiger partial charge in [0.15, 0.2) is 5.88 Å². The van der Waals surface area contributed by atoms with E-state index in [0.717, 1.165) is 26.2 Å². The number of carbonyl (C=O) groups is 1. The topological polar surface area (TPSA) is 50.8 Å². The Balaban J connectivity index is 0. The highest BCUT2D eigenvalue weighted by Gasteiger charge is 2.18. The summed E-state index contributed by atoms with van der Waals surface area (Å²) in [5, 5.41) is 5.81. The molecule has 5 nitrogen and oxygen atoms in total. The molecule has 1 atom stereocenters. The van der Waals surface area contributed by atoms with Gasteiger partial charge < -0.3 is 24.5 Å². The van der Waals surface area contributed by atoms with E-state index < -0.39 is 0 Å². The largest absolute Gasteiger partial charge is 0.474 e. The van der Waals surface area contributed by atoms with Crippen LogP contribution in [0.25, 0.3) is 10.8 Å². The summed E-state index contributed by atoms with van der Waals surface area (Å²) >= 11 is 0. The van der Waals surface area contributed by atoms with E-state index in [0.29, 0.717) is 5.88 Å². The van der Waals surface area contributed by atoms with Crippen molar-refractivity contribution >= 4 is 17.6 Å². The Hall–Kier alpha value is -2.81. The van der Waals surface area contributed by atoms with E-state index >= 15 is 0 Å². The van der Waals surface area contributed by atoms with Crippen LogP contribution in [0.1, 0.15) is 46.6 Å². The molecule has 0 spiro atoms. The fraction of sp³-hybridized carbons (Fsp3) is 0.483. The monoisotopic (exact) mass is 470 g/mol. The zero-order chi connectivity index (χ0) is 26.6. The van der Waals surface area contributed by atoms with Gasteiger partial charge in [0.2, 0.25) is 0 Å². The van der Waals surface area contributed by atoms with Crippen LogP contribution in [0.15, 0.2) is 54.9 Å². The smallest absolute Gasteiger partial charge is 0.179 e. The van der Waals surface area contributed by atoms with Gasteiger partial charge in [0.1, 0.15) is 12.4 Å². The molecular weight excluding hydrogens is 424 g/mol. The van der Waals surface area contributed by atoms with Crippen molar-refractivity contribution in [1.82, 2.24) is 10.2 Å². The Kier molecular flexibility index (Phi) is 19.3. The van der Waals surface area contributed by atoms with Gasteiger partial charge in [-0.05, 0) is 52.1 Å². The van der Waals surface area contributed by atoms with Gasteiger partial charge in [-0.25, -0.2) is 0 Å². The van der Waals surface area contributed by atoms with E-state index in [2.05, 4.69) is 99.9 Å². The van der Waals surface area contributed by atoms with Crippen molar-refractivity contribution in [3.8, 4) is 12.8 Å². The van der Waals surface area contributed by atoms with Gasteiger partial charge >= 0.3 is 0 Å². The van der Waals surface area contributed by atoms with Crippen molar-refractivity contribution in [2.45, 2.75) is 59.7 Å². The summed E-state index contributed by atoms with van der Waals surface area (Å²) in [7, 11) is 2.11. The van der Waals surface area contributed by atoms with Gasteiger partial charge in [-0.15, -0.1) is 12.8 Å². The summed E-state index contributed by atoms with van der Waals surface area (Å²) in [6.07, 6.45) is 9.47. The average Bonchev–Trinajstić information content (AvgIpc) is 2.80. The average molecular weight is 471 g/mol. The van der Waals surface area contributed by atoms with Gasteiger partial charge in [-0.2, -0.15) is 0 Å². The lowest BCUT2D eigenvalue weighted by Crippen LogP contribution is -2.45. The third kappa shape index (κ3) is 16.8. The summed E-state index contributed by atoms with van der Waals surface area (Å²) in [6, 6.07) is 14.9. The molecule has 5 heteroatoms. The van der Waals surface area contributed by atoms with Crippen LogP contribution in [0, 0.1) is 19.8 Å². The molecule has 3 rings (SSSR count). The summed E-state index contributed by atoms with van der Waals surface area (Å²) < 4.78 is 11.2. The summed E-state index contributed by atoms with van der Waals surface area (Å²) in [6.45, 7) is 21.7. The van der Waals surface area contributed by atoms with Crippen LogP contribution in [0.5, 0.6) is 0 Å². The highest BCUT2D eigenvalue weighted by Crippen LogP contribution is 2.14. The minimum atomic E-state index is -0.200. The van der Waals surface area contributed by atoms with Gasteiger partial charge in [-0.1, -0.05) is 68.3 Å². The first-order chi connectivity index (χ1) is 16.1. The minimum Gasteiger partial charge on any atom is -0.474 e. The minimum absolute atomic E-state index is 0.200. The number of rotatable bonds is 4. The number of nitrogens with zero attached hydrogens (tertiary/aromatic N) is 1. The number of aryl methyl sites for hydroxylation is 1. The molecule has 190 valence electrons. The fourth-order valence-electron chi connectivity index (χ4n) is 2.93. The van der Waals surface area contributed by atoms with Gasteiger partial charge in [0.05, 0.1) is 12.7 Å². The zero-order valence-electron chi connectivity index (χ0n) is 22.4. The van der Waals surface area contributed by atoms with Crippen LogP contribution < -0.4 is 5.32 Å². The Bertz CT molecular complexity index is 812. The summed E-state index contributed by atoms with van der Waals surface area (Å²) in [4.78, 5) is 10.3. The molecule has 0 saturated carbocycles. The number of carbonyl (C=O) groups excluding carboxylic acids is 1. The van der Waals surface area contributed by atoms with Crippen molar-refractivity contribution in [1.29, 1.82) is 0 Å². The summed E-state index contributed by atoms with van der Waals surface area (Å²) in [5.41, 5.74) is 1.12. The molecule has 1 heterocycles. The molecule has 1 fully saturated rings. The second-order valence-corrected chi connectivity index (χ2v) is 8.83. The van der Waals surface area contributed by atoms with Crippen LogP contribution in [0.3, 0.4) is 0 Å². The number of hydrogen-bond acceptors (Lipinski definition) is 5. The molecule has 0 bridgehead atoms. The molecule has 34 heavy (non-hydrogen) atoms. The lowest BCUT2D eigenvalue weighted by Gasteiger charge is -2.31. The van der Waals surface area contributed by atoms with Crippen LogP contribution >= 0.6 is 0 Å². The normalized spacial score (nSPS) is 14.8. The molecule has 1 aliphatic rings. The van der Waals surface area contributed by atoms with Crippen LogP contribution in [-0.4, -0.2) is 56.7 Å². The molecule has 0 radical (unpaired) electrons. The summed E-state index contributed by atoms with van der Waals surface area (Å²) in [5.74, 6) is 0.615. The molecule has 1 saturated heterocycles. The third-order valence-corrected chi connectivity index (χ3v) is 4.20.